The van der Waals surface area contributed by atoms with E-state index in [0.717, 1.165) is 26.1 Å². The predicted octanol–water partition coefficient (Wildman–Crippen LogP) is 1.19. The van der Waals surface area contributed by atoms with E-state index in [1.165, 1.54) is 13.3 Å². The molecule has 0 amide bonds. The summed E-state index contributed by atoms with van der Waals surface area (Å²) in [5.74, 6) is 0.0526. The summed E-state index contributed by atoms with van der Waals surface area (Å²) in [5.41, 5.74) is 0. The molecule has 4 nitrogen and oxygen atoms in total. The van der Waals surface area contributed by atoms with Crippen LogP contribution in [0.25, 0.3) is 0 Å². The second-order valence-corrected chi connectivity index (χ2v) is 3.49. The van der Waals surface area contributed by atoms with E-state index in [0.29, 0.717) is 0 Å². The fraction of sp³-hybridized carbons (Fsp3) is 0.800. The maximum atomic E-state index is 10.8. The topological polar surface area (TPSA) is 47.9 Å². The summed E-state index contributed by atoms with van der Waals surface area (Å²) in [6.45, 7) is 4.78. The molecule has 1 rings (SSSR count). The van der Waals surface area contributed by atoms with Crippen molar-refractivity contribution in [3.63, 3.8) is 0 Å². The van der Waals surface area contributed by atoms with Gasteiger partial charge in [0.25, 0.3) is 0 Å². The molecule has 14 heavy (non-hydrogen) atoms. The number of nitrogens with zero attached hydrogens (tertiary/aromatic N) is 1. The second kappa shape index (κ2) is 5.75. The highest BCUT2D eigenvalue weighted by Crippen LogP contribution is 2.09. The van der Waals surface area contributed by atoms with Gasteiger partial charge in [-0.1, -0.05) is 0 Å². The van der Waals surface area contributed by atoms with E-state index in [9.17, 15) is 4.79 Å². The van der Waals surface area contributed by atoms with Crippen LogP contribution in [0.4, 0.5) is 0 Å². The minimum atomic E-state index is -0.296. The van der Waals surface area contributed by atoms with Crippen LogP contribution in [-0.2, 0) is 14.3 Å². The SMILES string of the molecule is CC(=O)C(C)N=COC1CCOCC1. The Morgan fingerprint density at radius 1 is 1.57 bits per heavy atom. The van der Waals surface area contributed by atoms with Crippen LogP contribution in [-0.4, -0.2) is 37.5 Å². The predicted molar refractivity (Wildman–Crippen MR) is 53.6 cm³/mol. The van der Waals surface area contributed by atoms with Gasteiger partial charge in [0.05, 0.1) is 13.2 Å². The van der Waals surface area contributed by atoms with Gasteiger partial charge in [0.15, 0.2) is 12.2 Å². The molecule has 0 bridgehead atoms. The quantitative estimate of drug-likeness (QED) is 0.504. The van der Waals surface area contributed by atoms with Crippen molar-refractivity contribution in [3.8, 4) is 0 Å². The lowest BCUT2D eigenvalue weighted by Gasteiger charge is -2.20. The summed E-state index contributed by atoms with van der Waals surface area (Å²) in [6.07, 6.45) is 3.41. The Labute approximate surface area is 84.3 Å². The molecule has 0 saturated carbocycles. The van der Waals surface area contributed by atoms with E-state index >= 15 is 0 Å². The first-order valence-electron chi connectivity index (χ1n) is 4.95. The van der Waals surface area contributed by atoms with Gasteiger partial charge in [0.2, 0.25) is 0 Å². The number of ketones is 1. The molecule has 1 heterocycles. The van der Waals surface area contributed by atoms with Crippen molar-refractivity contribution < 1.29 is 14.3 Å². The Bertz CT molecular complexity index is 209. The summed E-state index contributed by atoms with van der Waals surface area (Å²) >= 11 is 0. The molecule has 0 radical (unpaired) electrons. The molecule has 0 aromatic carbocycles. The number of hydrogen-bond donors (Lipinski definition) is 0. The molecule has 1 unspecified atom stereocenters. The molecule has 1 aliphatic rings. The minimum Gasteiger partial charge on any atom is -0.480 e. The largest absolute Gasteiger partial charge is 0.480 e. The van der Waals surface area contributed by atoms with Crippen molar-refractivity contribution in [1.29, 1.82) is 0 Å². The molecule has 1 atom stereocenters. The van der Waals surface area contributed by atoms with E-state index in [4.69, 9.17) is 9.47 Å². The molecule has 0 aromatic rings. The molecule has 1 fully saturated rings. The maximum Gasteiger partial charge on any atom is 0.170 e. The Balaban J connectivity index is 2.21. The first-order valence-corrected chi connectivity index (χ1v) is 4.95. The van der Waals surface area contributed by atoms with Gasteiger partial charge < -0.3 is 9.47 Å². The van der Waals surface area contributed by atoms with Crippen molar-refractivity contribution >= 4 is 12.2 Å². The van der Waals surface area contributed by atoms with Crippen LogP contribution >= 0.6 is 0 Å². The lowest BCUT2D eigenvalue weighted by molar-refractivity contribution is -0.117. The third kappa shape index (κ3) is 3.87. The zero-order valence-electron chi connectivity index (χ0n) is 8.73. The molecular formula is C10H17NO3. The lowest BCUT2D eigenvalue weighted by atomic mass is 10.2. The van der Waals surface area contributed by atoms with Crippen LogP contribution in [0.1, 0.15) is 26.7 Å². The van der Waals surface area contributed by atoms with Crippen LogP contribution in [0.5, 0.6) is 0 Å². The van der Waals surface area contributed by atoms with Crippen LogP contribution in [0.3, 0.4) is 0 Å². The highest BCUT2D eigenvalue weighted by atomic mass is 16.5. The minimum absolute atomic E-state index is 0.0526. The molecular weight excluding hydrogens is 182 g/mol. The highest BCUT2D eigenvalue weighted by molar-refractivity contribution is 5.82. The number of hydrogen-bond acceptors (Lipinski definition) is 4. The Morgan fingerprint density at radius 3 is 2.79 bits per heavy atom. The lowest BCUT2D eigenvalue weighted by Crippen LogP contribution is -2.23. The van der Waals surface area contributed by atoms with Crippen LogP contribution in [0.2, 0.25) is 0 Å². The summed E-state index contributed by atoms with van der Waals surface area (Å²) in [4.78, 5) is 14.8. The standard InChI is InChI=1S/C10H17NO3/c1-8(9(2)12)11-7-14-10-3-5-13-6-4-10/h7-8,10H,3-6H2,1-2H3. The normalized spacial score (nSPS) is 21.0. The molecule has 80 valence electrons. The fourth-order valence-electron chi connectivity index (χ4n) is 1.13. The van der Waals surface area contributed by atoms with Gasteiger partial charge in [-0.05, 0) is 13.8 Å². The highest BCUT2D eigenvalue weighted by Gasteiger charge is 2.13. The van der Waals surface area contributed by atoms with Crippen molar-refractivity contribution in [3.05, 3.63) is 0 Å². The number of carbonyl (C=O) groups excluding carboxylic acids is 1. The van der Waals surface area contributed by atoms with Gasteiger partial charge in [-0.25, -0.2) is 4.99 Å². The summed E-state index contributed by atoms with van der Waals surface area (Å²) in [7, 11) is 0. The third-order valence-corrected chi connectivity index (χ3v) is 2.29. The van der Waals surface area contributed by atoms with Gasteiger partial charge in [-0.2, -0.15) is 0 Å². The van der Waals surface area contributed by atoms with Crippen LogP contribution in [0.15, 0.2) is 4.99 Å². The van der Waals surface area contributed by atoms with E-state index in [1.807, 2.05) is 0 Å². The second-order valence-electron chi connectivity index (χ2n) is 3.49. The van der Waals surface area contributed by atoms with E-state index < -0.39 is 0 Å². The fourth-order valence-corrected chi connectivity index (χ4v) is 1.13. The summed E-state index contributed by atoms with van der Waals surface area (Å²) in [6, 6.07) is -0.296. The smallest absolute Gasteiger partial charge is 0.170 e. The maximum absolute atomic E-state index is 10.8. The molecule has 0 spiro atoms. The van der Waals surface area contributed by atoms with Gasteiger partial charge >= 0.3 is 0 Å². The first-order chi connectivity index (χ1) is 6.70. The Hall–Kier alpha value is -0.900. The Kier molecular flexibility index (Phi) is 4.59. The van der Waals surface area contributed by atoms with Crippen molar-refractivity contribution in [2.45, 2.75) is 38.8 Å². The molecule has 0 aliphatic carbocycles. The van der Waals surface area contributed by atoms with Crippen LogP contribution < -0.4 is 0 Å². The van der Waals surface area contributed by atoms with Gasteiger partial charge in [0, 0.05) is 12.8 Å². The third-order valence-electron chi connectivity index (χ3n) is 2.29. The van der Waals surface area contributed by atoms with Crippen molar-refractivity contribution in [2.75, 3.05) is 13.2 Å². The van der Waals surface area contributed by atoms with E-state index in [-0.39, 0.29) is 17.9 Å². The number of rotatable bonds is 4. The number of ether oxygens (including phenoxy) is 2. The van der Waals surface area contributed by atoms with Crippen molar-refractivity contribution in [1.82, 2.24) is 0 Å². The molecule has 1 saturated heterocycles. The zero-order chi connectivity index (χ0) is 10.4. The van der Waals surface area contributed by atoms with Crippen molar-refractivity contribution in [2.24, 2.45) is 4.99 Å². The average Bonchev–Trinajstić information content (AvgIpc) is 2.19. The number of carbonyl (C=O) groups is 1. The van der Waals surface area contributed by atoms with Gasteiger partial charge in [0.1, 0.15) is 12.1 Å². The molecule has 0 aromatic heterocycles. The Morgan fingerprint density at radius 2 is 2.21 bits per heavy atom. The average molecular weight is 199 g/mol. The summed E-state index contributed by atoms with van der Waals surface area (Å²) < 4.78 is 10.6. The van der Waals surface area contributed by atoms with E-state index in [1.54, 1.807) is 6.92 Å². The molecule has 1 aliphatic heterocycles. The zero-order valence-corrected chi connectivity index (χ0v) is 8.73. The number of Topliss-reactive ketones (excluding diaryl/α,β-unsaturated/α-hetero) is 1. The van der Waals surface area contributed by atoms with E-state index in [2.05, 4.69) is 4.99 Å². The number of aliphatic imine (C=N–C) groups is 1. The molecule has 0 N–H and O–H groups in total. The first kappa shape index (κ1) is 11.2. The van der Waals surface area contributed by atoms with Crippen LogP contribution in [0, 0.1) is 0 Å². The van der Waals surface area contributed by atoms with Gasteiger partial charge in [-0.3, -0.25) is 4.79 Å². The van der Waals surface area contributed by atoms with Gasteiger partial charge in [-0.15, -0.1) is 0 Å². The monoisotopic (exact) mass is 199 g/mol. The summed E-state index contributed by atoms with van der Waals surface area (Å²) in [5, 5.41) is 0. The molecule has 4 heteroatoms.